The highest BCUT2D eigenvalue weighted by atomic mass is 32.2. The van der Waals surface area contributed by atoms with Gasteiger partial charge in [-0.25, -0.2) is 0 Å². The number of rotatable bonds is 8. The summed E-state index contributed by atoms with van der Waals surface area (Å²) < 4.78 is 0. The molecule has 0 aliphatic heterocycles. The minimum absolute atomic E-state index is 0.654. The zero-order chi connectivity index (χ0) is 10.4. The van der Waals surface area contributed by atoms with Gasteiger partial charge in [0.15, 0.2) is 0 Å². The Bertz CT molecular complexity index is 148. The molecule has 0 spiro atoms. The topological polar surface area (TPSA) is 29.3 Å². The molecule has 0 aromatic rings. The average Bonchev–Trinajstić information content (AvgIpc) is 2.98. The van der Waals surface area contributed by atoms with Crippen molar-refractivity contribution >= 4 is 11.8 Å². The van der Waals surface area contributed by atoms with Crippen LogP contribution in [0.4, 0.5) is 0 Å². The minimum Gasteiger partial charge on any atom is -0.329 e. The molecule has 84 valence electrons. The SMILES string of the molecule is CCSCCCN(C)C(CN)C1CC1. The molecule has 0 heterocycles. The number of thioether (sulfide) groups is 1. The molecule has 1 atom stereocenters. The lowest BCUT2D eigenvalue weighted by atomic mass is 10.1. The summed E-state index contributed by atoms with van der Waals surface area (Å²) >= 11 is 2.04. The smallest absolute Gasteiger partial charge is 0.0243 e. The molecule has 1 fully saturated rings. The fraction of sp³-hybridized carbons (Fsp3) is 1.00. The predicted molar refractivity (Wildman–Crippen MR) is 65.8 cm³/mol. The zero-order valence-corrected chi connectivity index (χ0v) is 10.4. The van der Waals surface area contributed by atoms with Crippen LogP contribution in [0.1, 0.15) is 26.2 Å². The third kappa shape index (κ3) is 4.20. The van der Waals surface area contributed by atoms with E-state index < -0.39 is 0 Å². The third-order valence-electron chi connectivity index (χ3n) is 2.98. The highest BCUT2D eigenvalue weighted by molar-refractivity contribution is 7.99. The summed E-state index contributed by atoms with van der Waals surface area (Å²) in [6.07, 6.45) is 4.10. The second-order valence-electron chi connectivity index (χ2n) is 4.17. The van der Waals surface area contributed by atoms with E-state index in [1.807, 2.05) is 11.8 Å². The summed E-state index contributed by atoms with van der Waals surface area (Å²) in [5.41, 5.74) is 5.80. The summed E-state index contributed by atoms with van der Waals surface area (Å²) in [6.45, 7) is 4.27. The standard InChI is InChI=1S/C11H24N2S/c1-3-14-8-4-7-13(2)11(9-12)10-5-6-10/h10-11H,3-9,12H2,1-2H3. The molecule has 0 amide bonds. The lowest BCUT2D eigenvalue weighted by Crippen LogP contribution is -2.40. The zero-order valence-electron chi connectivity index (χ0n) is 9.54. The van der Waals surface area contributed by atoms with E-state index in [0.717, 1.165) is 12.5 Å². The molecule has 14 heavy (non-hydrogen) atoms. The van der Waals surface area contributed by atoms with Crippen molar-refractivity contribution in [3.8, 4) is 0 Å². The van der Waals surface area contributed by atoms with Gasteiger partial charge in [-0.3, -0.25) is 0 Å². The van der Waals surface area contributed by atoms with Gasteiger partial charge in [0.1, 0.15) is 0 Å². The van der Waals surface area contributed by atoms with Gasteiger partial charge in [-0.1, -0.05) is 6.92 Å². The minimum atomic E-state index is 0.654. The fourth-order valence-corrected chi connectivity index (χ4v) is 2.56. The van der Waals surface area contributed by atoms with Gasteiger partial charge in [0.05, 0.1) is 0 Å². The van der Waals surface area contributed by atoms with E-state index in [9.17, 15) is 0 Å². The first-order chi connectivity index (χ1) is 6.79. The van der Waals surface area contributed by atoms with Crippen LogP contribution in [0.3, 0.4) is 0 Å². The molecule has 1 rings (SSSR count). The van der Waals surface area contributed by atoms with Crippen molar-refractivity contribution in [3.63, 3.8) is 0 Å². The Labute approximate surface area is 92.6 Å². The van der Waals surface area contributed by atoms with Crippen molar-refractivity contribution in [3.05, 3.63) is 0 Å². The number of hydrogen-bond acceptors (Lipinski definition) is 3. The Balaban J connectivity index is 2.08. The lowest BCUT2D eigenvalue weighted by molar-refractivity contribution is 0.224. The van der Waals surface area contributed by atoms with Crippen molar-refractivity contribution < 1.29 is 0 Å². The van der Waals surface area contributed by atoms with E-state index in [1.54, 1.807) is 0 Å². The Morgan fingerprint density at radius 2 is 2.21 bits per heavy atom. The molecule has 1 aliphatic carbocycles. The molecular formula is C11H24N2S. The van der Waals surface area contributed by atoms with Crippen LogP contribution in [0, 0.1) is 5.92 Å². The maximum atomic E-state index is 5.80. The van der Waals surface area contributed by atoms with E-state index in [-0.39, 0.29) is 0 Å². The first-order valence-corrected chi connectivity index (χ1v) is 6.93. The van der Waals surface area contributed by atoms with Crippen molar-refractivity contribution in [2.24, 2.45) is 11.7 Å². The number of hydrogen-bond donors (Lipinski definition) is 1. The number of nitrogens with two attached hydrogens (primary N) is 1. The molecule has 0 saturated heterocycles. The molecule has 0 aromatic heterocycles. The summed E-state index contributed by atoms with van der Waals surface area (Å²) in [6, 6.07) is 0.654. The van der Waals surface area contributed by atoms with Gasteiger partial charge in [-0.15, -0.1) is 0 Å². The summed E-state index contributed by atoms with van der Waals surface area (Å²) in [5.74, 6) is 3.44. The van der Waals surface area contributed by atoms with Crippen LogP contribution in [0.2, 0.25) is 0 Å². The van der Waals surface area contributed by atoms with Crippen molar-refractivity contribution in [1.82, 2.24) is 4.90 Å². The van der Waals surface area contributed by atoms with Gasteiger partial charge in [0.25, 0.3) is 0 Å². The quantitative estimate of drug-likeness (QED) is 0.627. The molecule has 1 saturated carbocycles. The Hall–Kier alpha value is 0.270. The first-order valence-electron chi connectivity index (χ1n) is 5.77. The molecule has 1 unspecified atom stereocenters. The molecule has 0 aromatic carbocycles. The van der Waals surface area contributed by atoms with Gasteiger partial charge in [0, 0.05) is 12.6 Å². The Morgan fingerprint density at radius 3 is 2.71 bits per heavy atom. The van der Waals surface area contributed by atoms with Crippen molar-refractivity contribution in [2.75, 3.05) is 31.6 Å². The van der Waals surface area contributed by atoms with E-state index in [2.05, 4.69) is 18.9 Å². The molecule has 1 aliphatic rings. The van der Waals surface area contributed by atoms with Crippen LogP contribution in [-0.4, -0.2) is 42.6 Å². The number of likely N-dealkylation sites (N-methyl/N-ethyl adjacent to an activating group) is 1. The average molecular weight is 216 g/mol. The van der Waals surface area contributed by atoms with Crippen LogP contribution >= 0.6 is 11.8 Å². The Kier molecular flexibility index (Phi) is 5.90. The van der Waals surface area contributed by atoms with Crippen LogP contribution in [0.5, 0.6) is 0 Å². The van der Waals surface area contributed by atoms with Crippen LogP contribution in [0.15, 0.2) is 0 Å². The lowest BCUT2D eigenvalue weighted by Gasteiger charge is -2.26. The monoisotopic (exact) mass is 216 g/mol. The van der Waals surface area contributed by atoms with Gasteiger partial charge >= 0.3 is 0 Å². The van der Waals surface area contributed by atoms with Crippen LogP contribution in [0.25, 0.3) is 0 Å². The van der Waals surface area contributed by atoms with Gasteiger partial charge in [-0.2, -0.15) is 11.8 Å². The molecule has 2 nitrogen and oxygen atoms in total. The predicted octanol–water partition coefficient (Wildman–Crippen LogP) is 1.80. The summed E-state index contributed by atoms with van der Waals surface area (Å²) in [4.78, 5) is 2.47. The van der Waals surface area contributed by atoms with Crippen LogP contribution in [-0.2, 0) is 0 Å². The van der Waals surface area contributed by atoms with E-state index >= 15 is 0 Å². The van der Waals surface area contributed by atoms with Crippen LogP contribution < -0.4 is 5.73 Å². The highest BCUT2D eigenvalue weighted by Crippen LogP contribution is 2.34. The van der Waals surface area contributed by atoms with E-state index in [0.29, 0.717) is 6.04 Å². The van der Waals surface area contributed by atoms with Crippen molar-refractivity contribution in [2.45, 2.75) is 32.2 Å². The van der Waals surface area contributed by atoms with Gasteiger partial charge in [-0.05, 0) is 50.3 Å². The number of nitrogens with zero attached hydrogens (tertiary/aromatic N) is 1. The van der Waals surface area contributed by atoms with Gasteiger partial charge in [0.2, 0.25) is 0 Å². The summed E-state index contributed by atoms with van der Waals surface area (Å²) in [7, 11) is 2.23. The third-order valence-corrected chi connectivity index (χ3v) is 3.96. The largest absolute Gasteiger partial charge is 0.329 e. The normalized spacial score (nSPS) is 18.9. The maximum Gasteiger partial charge on any atom is 0.0243 e. The molecular weight excluding hydrogens is 192 g/mol. The van der Waals surface area contributed by atoms with E-state index in [1.165, 1.54) is 37.3 Å². The molecule has 0 radical (unpaired) electrons. The summed E-state index contributed by atoms with van der Waals surface area (Å²) in [5, 5.41) is 0. The molecule has 0 bridgehead atoms. The van der Waals surface area contributed by atoms with E-state index in [4.69, 9.17) is 5.73 Å². The molecule has 3 heteroatoms. The molecule has 2 N–H and O–H groups in total. The highest BCUT2D eigenvalue weighted by Gasteiger charge is 2.32. The maximum absolute atomic E-state index is 5.80. The van der Waals surface area contributed by atoms with Crippen molar-refractivity contribution in [1.29, 1.82) is 0 Å². The second kappa shape index (κ2) is 6.70. The first kappa shape index (κ1) is 12.3. The van der Waals surface area contributed by atoms with Gasteiger partial charge < -0.3 is 10.6 Å². The second-order valence-corrected chi connectivity index (χ2v) is 5.57. The Morgan fingerprint density at radius 1 is 1.50 bits per heavy atom. The fourth-order valence-electron chi connectivity index (χ4n) is 1.94.